The van der Waals surface area contributed by atoms with Crippen LogP contribution in [-0.4, -0.2) is 25.2 Å². The molecule has 0 amide bonds. The molecule has 0 saturated heterocycles. The minimum absolute atomic E-state index is 0. The Morgan fingerprint density at radius 2 is 1.03 bits per heavy atom. The molecule has 2 atom stereocenters. The minimum Gasteiger partial charge on any atom is -1.00 e. The van der Waals surface area contributed by atoms with E-state index in [0.717, 1.165) is 27.5 Å². The number of carbonyl (C=O) groups excluding carboxylic acids is 2. The van der Waals surface area contributed by atoms with Crippen LogP contribution in [0.3, 0.4) is 0 Å². The second-order valence-corrected chi connectivity index (χ2v) is 11.9. The first kappa shape index (κ1) is 31.6. The Morgan fingerprint density at radius 1 is 0.649 bits per heavy atom. The van der Waals surface area contributed by atoms with Crippen LogP contribution in [-0.2, 0) is 45.3 Å². The topological polar surface area (TPSA) is 52.6 Å². The number of cyclic esters (lactones) is 2. The second kappa shape index (κ2) is 13.0. The van der Waals surface area contributed by atoms with Crippen molar-refractivity contribution in [2.24, 2.45) is 0 Å². The smallest absolute Gasteiger partial charge is 1.00 e. The molecule has 0 aromatic carbocycles. The third-order valence-corrected chi connectivity index (χ3v) is 9.11. The van der Waals surface area contributed by atoms with Gasteiger partial charge in [0, 0.05) is 10.6 Å². The van der Waals surface area contributed by atoms with Crippen molar-refractivity contribution in [2.75, 3.05) is 13.2 Å². The molecule has 4 nitrogen and oxygen atoms in total. The van der Waals surface area contributed by atoms with Gasteiger partial charge in [0.15, 0.2) is 0 Å². The Kier molecular flexibility index (Phi) is 11.1. The normalized spacial score (nSPS) is 21.1. The zero-order chi connectivity index (χ0) is 24.0. The number of ether oxygens (including phenoxy) is 2. The summed E-state index contributed by atoms with van der Waals surface area (Å²) in [4.78, 5) is 23.5. The Morgan fingerprint density at radius 3 is 1.38 bits per heavy atom. The third kappa shape index (κ3) is 6.19. The fraction of sp³-hybridized carbons (Fsp3) is 0.214. The van der Waals surface area contributed by atoms with Gasteiger partial charge in [-0.2, -0.15) is 0 Å². The molecule has 2 unspecified atom stereocenters. The van der Waals surface area contributed by atoms with Gasteiger partial charge in [-0.15, -0.1) is 16.4 Å². The van der Waals surface area contributed by atoms with Crippen molar-refractivity contribution in [2.45, 2.75) is 27.7 Å². The molecule has 37 heavy (non-hydrogen) atoms. The molecule has 190 valence electrons. The molecule has 0 bridgehead atoms. The molecule has 9 heteroatoms. The van der Waals surface area contributed by atoms with Crippen molar-refractivity contribution >= 4 is 50.6 Å². The molecule has 4 heterocycles. The van der Waals surface area contributed by atoms with Gasteiger partial charge in [0.1, 0.15) is 13.2 Å². The maximum Gasteiger partial charge on any atom is 2.00 e. The van der Waals surface area contributed by atoms with E-state index in [4.69, 9.17) is 9.47 Å². The van der Waals surface area contributed by atoms with Crippen molar-refractivity contribution in [3.63, 3.8) is 0 Å². The van der Waals surface area contributed by atoms with E-state index in [1.165, 1.54) is 43.5 Å². The number of hydrogen-bond donors (Lipinski definition) is 0. The number of carbonyl (C=O) groups is 2. The number of hydrogen-bond acceptors (Lipinski definition) is 4. The van der Waals surface area contributed by atoms with Crippen LogP contribution >= 0.6 is 16.4 Å². The molecule has 2 aromatic rings. The summed E-state index contributed by atoms with van der Waals surface area (Å²) in [6.45, 7) is 9.28. The SMILES string of the molecule is CC1=CC(=C2C=CCOC2=O)c2cc(C)[pH]c21.CC1=CC(=C2C=CCOC2=O)c2cc(C)[pH]c21.[Cl-].[Cl-].[Zr+2]. The molecular formula is C28H26Cl2O4P2Zr. The van der Waals surface area contributed by atoms with Gasteiger partial charge in [0.25, 0.3) is 0 Å². The third-order valence-electron chi connectivity index (χ3n) is 6.21. The number of esters is 2. The predicted octanol–water partition coefficient (Wildman–Crippen LogP) is 0.625. The summed E-state index contributed by atoms with van der Waals surface area (Å²) >= 11 is 0. The monoisotopic (exact) mass is 648 g/mol. The second-order valence-electron chi connectivity index (χ2n) is 8.79. The molecule has 2 aliphatic carbocycles. The van der Waals surface area contributed by atoms with Crippen LogP contribution < -0.4 is 24.8 Å². The Labute approximate surface area is 252 Å². The molecule has 6 rings (SSSR count). The van der Waals surface area contributed by atoms with E-state index >= 15 is 0 Å². The van der Waals surface area contributed by atoms with E-state index in [9.17, 15) is 9.59 Å². The summed E-state index contributed by atoms with van der Waals surface area (Å²) < 4.78 is 10.1. The maximum atomic E-state index is 11.8. The number of aryl methyl sites for hydroxylation is 2. The summed E-state index contributed by atoms with van der Waals surface area (Å²) in [5, 5.41) is 5.54. The van der Waals surface area contributed by atoms with E-state index in [1.54, 1.807) is 0 Å². The quantitative estimate of drug-likeness (QED) is 0.311. The van der Waals surface area contributed by atoms with E-state index < -0.39 is 0 Å². The van der Waals surface area contributed by atoms with Crippen molar-refractivity contribution in [3.8, 4) is 0 Å². The molecule has 0 spiro atoms. The van der Waals surface area contributed by atoms with Crippen LogP contribution in [0.1, 0.15) is 46.2 Å². The first-order valence-corrected chi connectivity index (χ1v) is 13.3. The van der Waals surface area contributed by atoms with Crippen LogP contribution in [0, 0.1) is 13.8 Å². The van der Waals surface area contributed by atoms with Gasteiger partial charge in [-0.1, -0.05) is 0 Å². The summed E-state index contributed by atoms with van der Waals surface area (Å²) in [5.41, 5.74) is 8.44. The number of halogens is 2. The molecule has 0 saturated carbocycles. The van der Waals surface area contributed by atoms with Gasteiger partial charge in [-0.3, -0.25) is 0 Å². The molecule has 0 N–H and O–H groups in total. The molecule has 0 radical (unpaired) electrons. The fourth-order valence-electron chi connectivity index (χ4n) is 4.67. The van der Waals surface area contributed by atoms with Gasteiger partial charge in [0.2, 0.25) is 0 Å². The van der Waals surface area contributed by atoms with Crippen molar-refractivity contribution in [1.29, 1.82) is 0 Å². The Hall–Kier alpha value is -1.60. The maximum absolute atomic E-state index is 11.8. The largest absolute Gasteiger partial charge is 2.00 e. The van der Waals surface area contributed by atoms with Gasteiger partial charge in [0.05, 0.1) is 11.1 Å². The van der Waals surface area contributed by atoms with Crippen LogP contribution in [0.25, 0.3) is 22.3 Å². The van der Waals surface area contributed by atoms with Crippen molar-refractivity contribution < 1.29 is 70.1 Å². The standard InChI is InChI=1S/2C14H13O2P.2ClH.Zr/c2*1-8-6-11(10-4-3-5-16-14(10)15)12-7-9(2)17-13(8)12;;;/h2*3-4,6-7,17H,5H2,1-2H3;2*1H;/q;;;;+2/p-2. The number of rotatable bonds is 0. The summed E-state index contributed by atoms with van der Waals surface area (Å²) in [6.07, 6.45) is 11.7. The van der Waals surface area contributed by atoms with Crippen LogP contribution in [0.2, 0.25) is 0 Å². The number of fused-ring (bicyclic) bond motifs is 2. The van der Waals surface area contributed by atoms with E-state index in [-0.39, 0.29) is 63.0 Å². The average Bonchev–Trinajstić information content (AvgIpc) is 3.53. The van der Waals surface area contributed by atoms with E-state index in [0.29, 0.717) is 24.4 Å². The fourth-order valence-corrected chi connectivity index (χ4v) is 7.12. The van der Waals surface area contributed by atoms with Gasteiger partial charge in [-0.25, -0.2) is 9.59 Å². The first-order chi connectivity index (χ1) is 16.3. The van der Waals surface area contributed by atoms with Gasteiger partial charge in [-0.05, 0) is 120 Å². The summed E-state index contributed by atoms with van der Waals surface area (Å²) in [7, 11) is 1.50. The molecule has 2 aliphatic heterocycles. The average molecular weight is 651 g/mol. The number of allylic oxidation sites excluding steroid dienone is 6. The summed E-state index contributed by atoms with van der Waals surface area (Å²) in [5.74, 6) is -0.414. The first-order valence-electron chi connectivity index (χ1n) is 11.3. The molecule has 4 aliphatic rings. The zero-order valence-electron chi connectivity index (χ0n) is 20.9. The van der Waals surface area contributed by atoms with Crippen LogP contribution in [0.15, 0.2) is 59.7 Å². The summed E-state index contributed by atoms with van der Waals surface area (Å²) in [6, 6.07) is 4.39. The van der Waals surface area contributed by atoms with Crippen molar-refractivity contribution in [3.05, 3.63) is 92.0 Å². The zero-order valence-corrected chi connectivity index (χ0v) is 26.9. The minimum atomic E-state index is -0.207. The van der Waals surface area contributed by atoms with E-state index in [1.807, 2.05) is 24.3 Å². The molecular weight excluding hydrogens is 624 g/mol. The van der Waals surface area contributed by atoms with Crippen LogP contribution in [0.4, 0.5) is 0 Å². The van der Waals surface area contributed by atoms with Crippen molar-refractivity contribution in [1.82, 2.24) is 0 Å². The Bertz CT molecular complexity index is 1330. The van der Waals surface area contributed by atoms with Crippen LogP contribution in [0.5, 0.6) is 0 Å². The molecule has 2 aromatic heterocycles. The Balaban J connectivity index is 0.000000241. The van der Waals surface area contributed by atoms with E-state index in [2.05, 4.69) is 52.0 Å². The van der Waals surface area contributed by atoms with Gasteiger partial charge < -0.3 is 34.3 Å². The predicted molar refractivity (Wildman–Crippen MR) is 143 cm³/mol. The molecule has 0 fully saturated rings. The van der Waals surface area contributed by atoms with Gasteiger partial charge >= 0.3 is 38.1 Å².